The smallest absolute Gasteiger partial charge is 0.172 e. The first kappa shape index (κ1) is 12.3. The first-order valence-corrected chi connectivity index (χ1v) is 5.33. The number of benzene rings is 1. The normalized spacial score (nSPS) is 11.6. The van der Waals surface area contributed by atoms with Crippen molar-refractivity contribution in [3.8, 4) is 11.8 Å². The van der Waals surface area contributed by atoms with Crippen LogP contribution >= 0.6 is 0 Å². The molecule has 1 aromatic rings. The van der Waals surface area contributed by atoms with Crippen LogP contribution in [0.4, 0.5) is 0 Å². The molecule has 3 nitrogen and oxygen atoms in total. The second-order valence-corrected chi connectivity index (χ2v) is 3.70. The highest BCUT2D eigenvalue weighted by atomic mass is 16.5. The lowest BCUT2D eigenvalue weighted by Crippen LogP contribution is -2.18. The van der Waals surface area contributed by atoms with Gasteiger partial charge in [0.2, 0.25) is 0 Å². The number of nitrogens with zero attached hydrogens (tertiary/aromatic N) is 1. The zero-order valence-corrected chi connectivity index (χ0v) is 9.56. The third-order valence-corrected chi connectivity index (χ3v) is 2.51. The topological polar surface area (TPSA) is 50.1 Å². The maximum Gasteiger partial charge on any atom is 0.172 e. The molecule has 0 heterocycles. The minimum atomic E-state index is 0.0270. The first-order chi connectivity index (χ1) is 7.67. The Hall–Kier alpha value is -1.82. The Kier molecular flexibility index (Phi) is 4.53. The second kappa shape index (κ2) is 5.92. The summed E-state index contributed by atoms with van der Waals surface area (Å²) in [7, 11) is 0. The van der Waals surface area contributed by atoms with Crippen molar-refractivity contribution in [2.24, 2.45) is 5.92 Å². The predicted molar refractivity (Wildman–Crippen MR) is 61.1 cm³/mol. The summed E-state index contributed by atoms with van der Waals surface area (Å²) in [4.78, 5) is 11.5. The molecule has 16 heavy (non-hydrogen) atoms. The first-order valence-electron chi connectivity index (χ1n) is 5.33. The number of hydrogen-bond acceptors (Lipinski definition) is 3. The molecular formula is C13H15NO2. The van der Waals surface area contributed by atoms with E-state index in [4.69, 9.17) is 10.00 Å². The molecule has 0 bridgehead atoms. The highest BCUT2D eigenvalue weighted by Crippen LogP contribution is 2.13. The molecule has 0 fully saturated rings. The Morgan fingerprint density at radius 1 is 1.56 bits per heavy atom. The van der Waals surface area contributed by atoms with Crippen LogP contribution in [-0.4, -0.2) is 12.4 Å². The van der Waals surface area contributed by atoms with Crippen molar-refractivity contribution < 1.29 is 9.53 Å². The number of Topliss-reactive ketones (excluding diaryl/α,β-unsaturated/α-hetero) is 1. The number of carbonyl (C=O) groups excluding carboxylic acids is 1. The van der Waals surface area contributed by atoms with Crippen molar-refractivity contribution >= 4 is 5.78 Å². The highest BCUT2D eigenvalue weighted by Gasteiger charge is 2.11. The van der Waals surface area contributed by atoms with Gasteiger partial charge >= 0.3 is 0 Å². The van der Waals surface area contributed by atoms with Crippen LogP contribution in [0, 0.1) is 17.2 Å². The zero-order chi connectivity index (χ0) is 12.0. The van der Waals surface area contributed by atoms with Crippen molar-refractivity contribution in [1.29, 1.82) is 5.26 Å². The fourth-order valence-corrected chi connectivity index (χ4v) is 1.18. The summed E-state index contributed by atoms with van der Waals surface area (Å²) in [6, 6.07) is 8.83. The van der Waals surface area contributed by atoms with Gasteiger partial charge in [-0.2, -0.15) is 5.26 Å². The standard InChI is InChI=1S/C13H15NO2/c1-3-10(2)13(15)9-16-12-6-4-5-11(7-12)8-14/h4-7,10H,3,9H2,1-2H3. The Balaban J connectivity index is 2.55. The van der Waals surface area contributed by atoms with E-state index in [1.165, 1.54) is 0 Å². The lowest BCUT2D eigenvalue weighted by molar-refractivity contribution is -0.124. The molecule has 0 aliphatic heterocycles. The minimum Gasteiger partial charge on any atom is -0.486 e. The third kappa shape index (κ3) is 3.39. The van der Waals surface area contributed by atoms with Crippen molar-refractivity contribution in [3.05, 3.63) is 29.8 Å². The van der Waals surface area contributed by atoms with Gasteiger partial charge in [-0.15, -0.1) is 0 Å². The van der Waals surface area contributed by atoms with E-state index in [0.717, 1.165) is 6.42 Å². The number of ether oxygens (including phenoxy) is 1. The molecule has 0 saturated heterocycles. The Morgan fingerprint density at radius 3 is 2.94 bits per heavy atom. The van der Waals surface area contributed by atoms with E-state index >= 15 is 0 Å². The van der Waals surface area contributed by atoms with Crippen molar-refractivity contribution in [2.75, 3.05) is 6.61 Å². The Morgan fingerprint density at radius 2 is 2.31 bits per heavy atom. The Labute approximate surface area is 95.7 Å². The summed E-state index contributed by atoms with van der Waals surface area (Å²) in [6.07, 6.45) is 0.820. The number of ketones is 1. The predicted octanol–water partition coefficient (Wildman–Crippen LogP) is 2.55. The molecule has 3 heteroatoms. The average molecular weight is 217 g/mol. The summed E-state index contributed by atoms with van der Waals surface area (Å²) < 4.78 is 5.33. The SMILES string of the molecule is CCC(C)C(=O)COc1cccc(C#N)c1. The lowest BCUT2D eigenvalue weighted by Gasteiger charge is -2.09. The molecule has 0 aliphatic carbocycles. The van der Waals surface area contributed by atoms with E-state index in [1.54, 1.807) is 24.3 Å². The number of hydrogen-bond donors (Lipinski definition) is 0. The molecule has 1 rings (SSSR count). The average Bonchev–Trinajstić information content (AvgIpc) is 2.35. The van der Waals surface area contributed by atoms with Crippen LogP contribution in [0.5, 0.6) is 5.75 Å². The summed E-state index contributed by atoms with van der Waals surface area (Å²) in [5.41, 5.74) is 0.536. The van der Waals surface area contributed by atoms with E-state index in [9.17, 15) is 4.79 Å². The van der Waals surface area contributed by atoms with E-state index in [2.05, 4.69) is 0 Å². The molecule has 1 aromatic carbocycles. The molecule has 0 saturated carbocycles. The number of rotatable bonds is 5. The van der Waals surface area contributed by atoms with Crippen LogP contribution in [0.15, 0.2) is 24.3 Å². The monoisotopic (exact) mass is 217 g/mol. The van der Waals surface area contributed by atoms with Crippen molar-refractivity contribution in [2.45, 2.75) is 20.3 Å². The molecule has 1 atom stereocenters. The number of carbonyl (C=O) groups is 1. The highest BCUT2D eigenvalue weighted by molar-refractivity contribution is 5.82. The zero-order valence-electron chi connectivity index (χ0n) is 9.56. The maximum absolute atomic E-state index is 11.5. The Bertz CT molecular complexity index is 407. The third-order valence-electron chi connectivity index (χ3n) is 2.51. The molecule has 0 aliphatic rings. The largest absolute Gasteiger partial charge is 0.486 e. The van der Waals surface area contributed by atoms with Gasteiger partial charge in [-0.25, -0.2) is 0 Å². The van der Waals surface area contributed by atoms with Gasteiger partial charge in [0.05, 0.1) is 11.6 Å². The summed E-state index contributed by atoms with van der Waals surface area (Å²) >= 11 is 0. The molecule has 0 spiro atoms. The van der Waals surface area contributed by atoms with E-state index < -0.39 is 0 Å². The molecular weight excluding hydrogens is 202 g/mol. The van der Waals surface area contributed by atoms with Crippen LogP contribution in [0.3, 0.4) is 0 Å². The van der Waals surface area contributed by atoms with Crippen LogP contribution in [0.1, 0.15) is 25.8 Å². The summed E-state index contributed by atoms with van der Waals surface area (Å²) in [5, 5.41) is 8.69. The fraction of sp³-hybridized carbons (Fsp3) is 0.385. The van der Waals surface area contributed by atoms with Crippen molar-refractivity contribution in [3.63, 3.8) is 0 Å². The second-order valence-electron chi connectivity index (χ2n) is 3.70. The van der Waals surface area contributed by atoms with E-state index in [1.807, 2.05) is 19.9 Å². The number of nitriles is 1. The van der Waals surface area contributed by atoms with Gasteiger partial charge in [-0.05, 0) is 24.6 Å². The van der Waals surface area contributed by atoms with Crippen LogP contribution < -0.4 is 4.74 Å². The van der Waals surface area contributed by atoms with Crippen LogP contribution in [0.2, 0.25) is 0 Å². The molecule has 84 valence electrons. The molecule has 0 amide bonds. The fourth-order valence-electron chi connectivity index (χ4n) is 1.18. The van der Waals surface area contributed by atoms with Gasteiger partial charge in [-0.3, -0.25) is 4.79 Å². The van der Waals surface area contributed by atoms with Crippen LogP contribution in [0.25, 0.3) is 0 Å². The van der Waals surface area contributed by atoms with Gasteiger partial charge < -0.3 is 4.74 Å². The van der Waals surface area contributed by atoms with Gasteiger partial charge in [0.25, 0.3) is 0 Å². The quantitative estimate of drug-likeness (QED) is 0.761. The van der Waals surface area contributed by atoms with Gasteiger partial charge in [0.1, 0.15) is 12.4 Å². The van der Waals surface area contributed by atoms with Gasteiger partial charge in [-0.1, -0.05) is 19.9 Å². The molecule has 0 aromatic heterocycles. The summed E-state index contributed by atoms with van der Waals surface area (Å²) in [5.74, 6) is 0.680. The lowest BCUT2D eigenvalue weighted by atomic mass is 10.0. The molecule has 0 radical (unpaired) electrons. The molecule has 0 N–H and O–H groups in total. The van der Waals surface area contributed by atoms with E-state index in [0.29, 0.717) is 11.3 Å². The summed E-state index contributed by atoms with van der Waals surface area (Å²) in [6.45, 7) is 3.93. The van der Waals surface area contributed by atoms with Crippen LogP contribution in [-0.2, 0) is 4.79 Å². The van der Waals surface area contributed by atoms with Gasteiger partial charge in [0.15, 0.2) is 5.78 Å². The van der Waals surface area contributed by atoms with Gasteiger partial charge in [0, 0.05) is 5.92 Å². The van der Waals surface area contributed by atoms with E-state index in [-0.39, 0.29) is 18.3 Å². The molecule has 1 unspecified atom stereocenters. The van der Waals surface area contributed by atoms with Crippen molar-refractivity contribution in [1.82, 2.24) is 0 Å². The minimum absolute atomic E-state index is 0.0270. The maximum atomic E-state index is 11.5.